The molecule has 14 heavy (non-hydrogen) atoms. The number of nitrogens with one attached hydrogen (secondary N) is 1. The van der Waals surface area contributed by atoms with E-state index in [1.165, 1.54) is 12.8 Å². The zero-order valence-corrected chi connectivity index (χ0v) is 9.25. The minimum Gasteiger partial charge on any atom is -0.354 e. The summed E-state index contributed by atoms with van der Waals surface area (Å²) in [5.41, 5.74) is 1.02. The molecule has 78 valence electrons. The molecule has 1 aromatic rings. The maximum atomic E-state index is 4.25. The topological polar surface area (TPSA) is 37.8 Å². The molecule has 0 radical (unpaired) electrons. The van der Waals surface area contributed by atoms with E-state index in [1.807, 2.05) is 26.8 Å². The maximum Gasteiger partial charge on any atom is 0.222 e. The highest BCUT2D eigenvalue weighted by Gasteiger charge is 2.20. The minimum atomic E-state index is 0.766. The molecule has 1 aliphatic carbocycles. The molecule has 1 N–H and O–H groups in total. The standard InChI is InChI=1S/C9H13N3.C2H6/c1-7-4-5-10-9(12-7)11-6-8-2-3-8;1-2/h4-5,8H,2-3,6H2,1H3,(H,10,11,12);1-2H3. The van der Waals surface area contributed by atoms with Gasteiger partial charge in [-0.05, 0) is 31.7 Å². The zero-order chi connectivity index (χ0) is 10.4. The van der Waals surface area contributed by atoms with Gasteiger partial charge < -0.3 is 5.32 Å². The summed E-state index contributed by atoms with van der Waals surface area (Å²) in [5.74, 6) is 1.64. The van der Waals surface area contributed by atoms with E-state index in [0.29, 0.717) is 0 Å². The summed E-state index contributed by atoms with van der Waals surface area (Å²) >= 11 is 0. The van der Waals surface area contributed by atoms with Crippen LogP contribution in [0.15, 0.2) is 12.3 Å². The highest BCUT2D eigenvalue weighted by atomic mass is 15.1. The summed E-state index contributed by atoms with van der Waals surface area (Å²) in [6.45, 7) is 7.01. The molecule has 1 fully saturated rings. The molecule has 3 heteroatoms. The summed E-state index contributed by atoms with van der Waals surface area (Å²) in [5, 5.41) is 3.23. The predicted molar refractivity (Wildman–Crippen MR) is 59.3 cm³/mol. The smallest absolute Gasteiger partial charge is 0.222 e. The predicted octanol–water partition coefficient (Wildman–Crippen LogP) is 2.63. The lowest BCUT2D eigenvalue weighted by atomic mass is 10.4. The van der Waals surface area contributed by atoms with Gasteiger partial charge in [-0.25, -0.2) is 9.97 Å². The van der Waals surface area contributed by atoms with Gasteiger partial charge in [0, 0.05) is 18.4 Å². The molecule has 0 spiro atoms. The van der Waals surface area contributed by atoms with Crippen molar-refractivity contribution in [2.45, 2.75) is 33.6 Å². The molecule has 2 rings (SSSR count). The molecule has 0 atom stereocenters. The van der Waals surface area contributed by atoms with Gasteiger partial charge >= 0.3 is 0 Å². The Hall–Kier alpha value is -1.12. The van der Waals surface area contributed by atoms with Crippen molar-refractivity contribution in [2.24, 2.45) is 5.92 Å². The van der Waals surface area contributed by atoms with Crippen LogP contribution in [-0.4, -0.2) is 16.5 Å². The number of hydrogen-bond acceptors (Lipinski definition) is 3. The lowest BCUT2D eigenvalue weighted by Crippen LogP contribution is -2.06. The fraction of sp³-hybridized carbons (Fsp3) is 0.636. The van der Waals surface area contributed by atoms with Crippen molar-refractivity contribution in [1.82, 2.24) is 9.97 Å². The van der Waals surface area contributed by atoms with Crippen LogP contribution in [0.3, 0.4) is 0 Å². The summed E-state index contributed by atoms with van der Waals surface area (Å²) in [6, 6.07) is 1.91. The first-order valence-corrected chi connectivity index (χ1v) is 5.38. The van der Waals surface area contributed by atoms with Crippen molar-refractivity contribution in [3.63, 3.8) is 0 Å². The Kier molecular flexibility index (Phi) is 4.36. The number of rotatable bonds is 3. The van der Waals surface area contributed by atoms with Gasteiger partial charge in [0.05, 0.1) is 0 Å². The Morgan fingerprint density at radius 3 is 2.71 bits per heavy atom. The van der Waals surface area contributed by atoms with Crippen LogP contribution in [0.4, 0.5) is 5.95 Å². The van der Waals surface area contributed by atoms with Crippen LogP contribution in [0, 0.1) is 12.8 Å². The van der Waals surface area contributed by atoms with Crippen LogP contribution < -0.4 is 5.32 Å². The Bertz CT molecular complexity index is 269. The molecular formula is C11H19N3. The Morgan fingerprint density at radius 1 is 1.43 bits per heavy atom. The number of anilines is 1. The van der Waals surface area contributed by atoms with Crippen molar-refractivity contribution in [3.05, 3.63) is 18.0 Å². The van der Waals surface area contributed by atoms with Crippen molar-refractivity contribution < 1.29 is 0 Å². The first-order chi connectivity index (χ1) is 6.84. The first-order valence-electron chi connectivity index (χ1n) is 5.38. The second kappa shape index (κ2) is 5.58. The summed E-state index contributed by atoms with van der Waals surface area (Å²) < 4.78 is 0. The maximum absolute atomic E-state index is 4.25. The summed E-state index contributed by atoms with van der Waals surface area (Å²) in [6.07, 6.45) is 4.51. The quantitative estimate of drug-likeness (QED) is 0.802. The van der Waals surface area contributed by atoms with E-state index in [1.54, 1.807) is 6.20 Å². The molecule has 0 bridgehead atoms. The molecular weight excluding hydrogens is 174 g/mol. The van der Waals surface area contributed by atoms with Gasteiger partial charge in [0.2, 0.25) is 5.95 Å². The van der Waals surface area contributed by atoms with E-state index in [4.69, 9.17) is 0 Å². The van der Waals surface area contributed by atoms with E-state index in [0.717, 1.165) is 24.1 Å². The molecule has 1 aliphatic rings. The van der Waals surface area contributed by atoms with E-state index in [-0.39, 0.29) is 0 Å². The molecule has 0 unspecified atom stereocenters. The van der Waals surface area contributed by atoms with E-state index in [9.17, 15) is 0 Å². The molecule has 1 heterocycles. The number of nitrogens with zero attached hydrogens (tertiary/aromatic N) is 2. The van der Waals surface area contributed by atoms with Gasteiger partial charge in [-0.1, -0.05) is 13.8 Å². The zero-order valence-electron chi connectivity index (χ0n) is 9.25. The average molecular weight is 193 g/mol. The molecule has 0 aromatic carbocycles. The second-order valence-corrected chi connectivity index (χ2v) is 3.35. The van der Waals surface area contributed by atoms with Crippen LogP contribution in [-0.2, 0) is 0 Å². The molecule has 0 saturated heterocycles. The summed E-state index contributed by atoms with van der Waals surface area (Å²) in [4.78, 5) is 8.37. The van der Waals surface area contributed by atoms with Crippen molar-refractivity contribution in [1.29, 1.82) is 0 Å². The first kappa shape index (κ1) is 11.0. The highest BCUT2D eigenvalue weighted by molar-refractivity contribution is 5.24. The van der Waals surface area contributed by atoms with Crippen LogP contribution in [0.1, 0.15) is 32.4 Å². The Labute approximate surface area is 86.0 Å². The monoisotopic (exact) mass is 193 g/mol. The number of aryl methyl sites for hydroxylation is 1. The Balaban J connectivity index is 0.000000461. The Morgan fingerprint density at radius 2 is 2.14 bits per heavy atom. The van der Waals surface area contributed by atoms with E-state index >= 15 is 0 Å². The van der Waals surface area contributed by atoms with Gasteiger partial charge in [0.15, 0.2) is 0 Å². The second-order valence-electron chi connectivity index (χ2n) is 3.35. The van der Waals surface area contributed by atoms with E-state index in [2.05, 4.69) is 15.3 Å². The van der Waals surface area contributed by atoms with Crippen molar-refractivity contribution in [2.75, 3.05) is 11.9 Å². The van der Waals surface area contributed by atoms with Crippen LogP contribution in [0.5, 0.6) is 0 Å². The third kappa shape index (κ3) is 3.73. The third-order valence-corrected chi connectivity index (χ3v) is 2.04. The average Bonchev–Trinajstić information content (AvgIpc) is 3.02. The number of hydrogen-bond donors (Lipinski definition) is 1. The van der Waals surface area contributed by atoms with Crippen molar-refractivity contribution >= 4 is 5.95 Å². The molecule has 0 amide bonds. The van der Waals surface area contributed by atoms with Crippen molar-refractivity contribution in [3.8, 4) is 0 Å². The molecule has 0 aliphatic heterocycles. The van der Waals surface area contributed by atoms with Gasteiger partial charge in [0.1, 0.15) is 0 Å². The fourth-order valence-electron chi connectivity index (χ4n) is 1.09. The van der Waals surface area contributed by atoms with Gasteiger partial charge in [-0.3, -0.25) is 0 Å². The summed E-state index contributed by atoms with van der Waals surface area (Å²) in [7, 11) is 0. The molecule has 1 aromatic heterocycles. The highest BCUT2D eigenvalue weighted by Crippen LogP contribution is 2.28. The number of aromatic nitrogens is 2. The third-order valence-electron chi connectivity index (χ3n) is 2.04. The van der Waals surface area contributed by atoms with Gasteiger partial charge in [-0.15, -0.1) is 0 Å². The van der Waals surface area contributed by atoms with Gasteiger partial charge in [0.25, 0.3) is 0 Å². The van der Waals surface area contributed by atoms with Crippen LogP contribution in [0.2, 0.25) is 0 Å². The van der Waals surface area contributed by atoms with Gasteiger partial charge in [-0.2, -0.15) is 0 Å². The normalized spacial score (nSPS) is 14.2. The minimum absolute atomic E-state index is 0.766. The SMILES string of the molecule is CC.Cc1ccnc(NCC2CC2)n1. The van der Waals surface area contributed by atoms with Crippen LogP contribution >= 0.6 is 0 Å². The van der Waals surface area contributed by atoms with E-state index < -0.39 is 0 Å². The lowest BCUT2D eigenvalue weighted by molar-refractivity contribution is 0.871. The fourth-order valence-corrected chi connectivity index (χ4v) is 1.09. The largest absolute Gasteiger partial charge is 0.354 e. The van der Waals surface area contributed by atoms with Crippen LogP contribution in [0.25, 0.3) is 0 Å². The molecule has 3 nitrogen and oxygen atoms in total. The lowest BCUT2D eigenvalue weighted by Gasteiger charge is -2.02. The molecule has 1 saturated carbocycles.